The van der Waals surface area contributed by atoms with Crippen LogP contribution in [0.25, 0.3) is 0 Å². The van der Waals surface area contributed by atoms with Crippen molar-refractivity contribution < 1.29 is 9.26 Å². The van der Waals surface area contributed by atoms with E-state index in [1.54, 1.807) is 0 Å². The van der Waals surface area contributed by atoms with Crippen LogP contribution >= 0.6 is 0 Å². The minimum Gasteiger partial charge on any atom is -0.373 e. The first-order chi connectivity index (χ1) is 8.26. The molecule has 0 fully saturated rings. The number of nitrogens with zero attached hydrogens (tertiary/aromatic N) is 2. The van der Waals surface area contributed by atoms with E-state index >= 15 is 0 Å². The normalized spacial score (nSPS) is 12.9. The molecule has 1 rings (SSSR count). The molecule has 1 N–H and O–H groups in total. The summed E-state index contributed by atoms with van der Waals surface area (Å²) in [4.78, 5) is 4.28. The second-order valence-corrected chi connectivity index (χ2v) is 4.15. The Labute approximate surface area is 103 Å². The Kier molecular flexibility index (Phi) is 6.81. The molecular weight excluding hydrogens is 218 g/mol. The van der Waals surface area contributed by atoms with E-state index in [2.05, 4.69) is 36.2 Å². The van der Waals surface area contributed by atoms with Gasteiger partial charge in [-0.05, 0) is 26.3 Å². The van der Waals surface area contributed by atoms with Crippen LogP contribution in [0.1, 0.15) is 45.3 Å². The number of ether oxygens (including phenoxy) is 1. The van der Waals surface area contributed by atoms with E-state index in [0.717, 1.165) is 32.4 Å². The van der Waals surface area contributed by atoms with Gasteiger partial charge in [0.05, 0.1) is 0 Å². The Morgan fingerprint density at radius 3 is 2.94 bits per heavy atom. The maximum atomic E-state index is 5.35. The van der Waals surface area contributed by atoms with E-state index in [0.29, 0.717) is 24.4 Å². The Bertz CT molecular complexity index is 302. The van der Waals surface area contributed by atoms with E-state index < -0.39 is 0 Å². The maximum absolute atomic E-state index is 5.35. The second kappa shape index (κ2) is 8.20. The van der Waals surface area contributed by atoms with Crippen LogP contribution in [0.15, 0.2) is 4.52 Å². The van der Waals surface area contributed by atoms with Gasteiger partial charge in [0.1, 0.15) is 6.61 Å². The largest absolute Gasteiger partial charge is 0.373 e. The SMILES string of the molecule is CCCOCc1noc(CCC(C)NCC)n1. The smallest absolute Gasteiger partial charge is 0.226 e. The molecule has 0 aromatic carbocycles. The van der Waals surface area contributed by atoms with Crippen molar-refractivity contribution in [1.29, 1.82) is 0 Å². The van der Waals surface area contributed by atoms with Crippen LogP contribution in [0.3, 0.4) is 0 Å². The molecule has 5 nitrogen and oxygen atoms in total. The molecule has 1 aromatic heterocycles. The fourth-order valence-electron chi connectivity index (χ4n) is 1.55. The molecule has 0 spiro atoms. The summed E-state index contributed by atoms with van der Waals surface area (Å²) in [5.74, 6) is 1.34. The average Bonchev–Trinajstić information content (AvgIpc) is 2.75. The molecule has 0 aliphatic rings. The summed E-state index contributed by atoms with van der Waals surface area (Å²) in [5.41, 5.74) is 0. The van der Waals surface area contributed by atoms with Gasteiger partial charge in [0, 0.05) is 19.1 Å². The van der Waals surface area contributed by atoms with Crippen molar-refractivity contribution in [2.45, 2.75) is 52.7 Å². The fraction of sp³-hybridized carbons (Fsp3) is 0.833. The van der Waals surface area contributed by atoms with Crippen LogP contribution in [0.5, 0.6) is 0 Å². The van der Waals surface area contributed by atoms with Crippen molar-refractivity contribution in [3.63, 3.8) is 0 Å². The molecule has 1 aromatic rings. The molecular formula is C12H23N3O2. The topological polar surface area (TPSA) is 60.2 Å². The number of hydrogen-bond acceptors (Lipinski definition) is 5. The van der Waals surface area contributed by atoms with E-state index in [4.69, 9.17) is 9.26 Å². The summed E-state index contributed by atoms with van der Waals surface area (Å²) in [6.07, 6.45) is 2.82. The third-order valence-electron chi connectivity index (χ3n) is 2.43. The van der Waals surface area contributed by atoms with Gasteiger partial charge in [0.15, 0.2) is 5.82 Å². The monoisotopic (exact) mass is 241 g/mol. The van der Waals surface area contributed by atoms with E-state index in [-0.39, 0.29) is 0 Å². The Morgan fingerprint density at radius 2 is 2.24 bits per heavy atom. The van der Waals surface area contributed by atoms with Crippen LogP contribution in [0, 0.1) is 0 Å². The van der Waals surface area contributed by atoms with Gasteiger partial charge in [-0.1, -0.05) is 19.0 Å². The van der Waals surface area contributed by atoms with Crippen molar-refractivity contribution in [1.82, 2.24) is 15.5 Å². The number of aryl methyl sites for hydroxylation is 1. The number of aromatic nitrogens is 2. The Morgan fingerprint density at radius 1 is 1.41 bits per heavy atom. The number of hydrogen-bond donors (Lipinski definition) is 1. The van der Waals surface area contributed by atoms with Gasteiger partial charge >= 0.3 is 0 Å². The van der Waals surface area contributed by atoms with E-state index in [9.17, 15) is 0 Å². The molecule has 1 heterocycles. The van der Waals surface area contributed by atoms with Crippen molar-refractivity contribution >= 4 is 0 Å². The second-order valence-electron chi connectivity index (χ2n) is 4.15. The van der Waals surface area contributed by atoms with Crippen molar-refractivity contribution in [2.24, 2.45) is 0 Å². The Balaban J connectivity index is 2.25. The van der Waals surface area contributed by atoms with Crippen LogP contribution in [0.2, 0.25) is 0 Å². The van der Waals surface area contributed by atoms with Gasteiger partial charge < -0.3 is 14.6 Å². The molecule has 0 aliphatic heterocycles. The first kappa shape index (κ1) is 14.1. The van der Waals surface area contributed by atoms with Gasteiger partial charge in [-0.2, -0.15) is 4.98 Å². The highest BCUT2D eigenvalue weighted by Gasteiger charge is 2.08. The highest BCUT2D eigenvalue weighted by molar-refractivity contribution is 4.85. The predicted molar refractivity (Wildman–Crippen MR) is 65.7 cm³/mol. The zero-order chi connectivity index (χ0) is 12.5. The lowest BCUT2D eigenvalue weighted by Gasteiger charge is -2.09. The summed E-state index contributed by atoms with van der Waals surface area (Å²) in [7, 11) is 0. The van der Waals surface area contributed by atoms with Crippen LogP contribution < -0.4 is 5.32 Å². The molecule has 0 amide bonds. The standard InChI is InChI=1S/C12H23N3O2/c1-4-8-16-9-11-14-12(17-15-11)7-6-10(3)13-5-2/h10,13H,4-9H2,1-3H3. The molecule has 98 valence electrons. The lowest BCUT2D eigenvalue weighted by molar-refractivity contribution is 0.114. The van der Waals surface area contributed by atoms with Gasteiger partial charge in [-0.3, -0.25) is 0 Å². The van der Waals surface area contributed by atoms with E-state index in [1.807, 2.05) is 0 Å². The molecule has 5 heteroatoms. The highest BCUT2D eigenvalue weighted by atomic mass is 16.5. The van der Waals surface area contributed by atoms with Crippen molar-refractivity contribution in [3.8, 4) is 0 Å². The zero-order valence-corrected chi connectivity index (χ0v) is 11.0. The minimum atomic E-state index is 0.445. The molecule has 0 bridgehead atoms. The molecule has 0 radical (unpaired) electrons. The lowest BCUT2D eigenvalue weighted by Crippen LogP contribution is -2.25. The van der Waals surface area contributed by atoms with Crippen LogP contribution in [0.4, 0.5) is 0 Å². The van der Waals surface area contributed by atoms with Gasteiger partial charge in [0.2, 0.25) is 5.89 Å². The highest BCUT2D eigenvalue weighted by Crippen LogP contribution is 2.04. The van der Waals surface area contributed by atoms with Gasteiger partial charge in [-0.25, -0.2) is 0 Å². The summed E-state index contributed by atoms with van der Waals surface area (Å²) < 4.78 is 10.5. The summed E-state index contributed by atoms with van der Waals surface area (Å²) in [6, 6.07) is 0.478. The van der Waals surface area contributed by atoms with E-state index in [1.165, 1.54) is 0 Å². The molecule has 17 heavy (non-hydrogen) atoms. The third kappa shape index (κ3) is 5.79. The fourth-order valence-corrected chi connectivity index (χ4v) is 1.55. The number of nitrogens with one attached hydrogen (secondary N) is 1. The molecule has 0 aliphatic carbocycles. The van der Waals surface area contributed by atoms with Crippen LogP contribution in [-0.2, 0) is 17.8 Å². The van der Waals surface area contributed by atoms with Crippen molar-refractivity contribution in [3.05, 3.63) is 11.7 Å². The molecule has 1 atom stereocenters. The van der Waals surface area contributed by atoms with Crippen molar-refractivity contribution in [2.75, 3.05) is 13.2 Å². The molecule has 1 unspecified atom stereocenters. The maximum Gasteiger partial charge on any atom is 0.226 e. The molecule has 0 saturated carbocycles. The van der Waals surface area contributed by atoms with Crippen LogP contribution in [-0.4, -0.2) is 29.3 Å². The average molecular weight is 241 g/mol. The third-order valence-corrected chi connectivity index (χ3v) is 2.43. The quantitative estimate of drug-likeness (QED) is 0.669. The lowest BCUT2D eigenvalue weighted by atomic mass is 10.2. The first-order valence-electron chi connectivity index (χ1n) is 6.38. The predicted octanol–water partition coefficient (Wildman–Crippen LogP) is 1.93. The Hall–Kier alpha value is -0.940. The summed E-state index contributed by atoms with van der Waals surface area (Å²) in [6.45, 7) is 8.50. The number of rotatable bonds is 9. The first-order valence-corrected chi connectivity index (χ1v) is 6.38. The minimum absolute atomic E-state index is 0.445. The summed E-state index contributed by atoms with van der Waals surface area (Å²) in [5, 5.41) is 7.23. The van der Waals surface area contributed by atoms with Gasteiger partial charge in [-0.15, -0.1) is 0 Å². The molecule has 0 saturated heterocycles. The zero-order valence-electron chi connectivity index (χ0n) is 11.0. The summed E-state index contributed by atoms with van der Waals surface area (Å²) >= 11 is 0. The van der Waals surface area contributed by atoms with Gasteiger partial charge in [0.25, 0.3) is 0 Å².